The van der Waals surface area contributed by atoms with Gasteiger partial charge in [-0.2, -0.15) is 0 Å². The normalized spacial score (nSPS) is 18.6. The number of nitrogens with zero attached hydrogens (tertiary/aromatic N) is 2. The summed E-state index contributed by atoms with van der Waals surface area (Å²) < 4.78 is 5.05. The summed E-state index contributed by atoms with van der Waals surface area (Å²) in [7, 11) is 3.44. The molecule has 0 aromatic heterocycles. The van der Waals surface area contributed by atoms with E-state index in [-0.39, 0.29) is 10.6 Å². The lowest BCUT2D eigenvalue weighted by Crippen LogP contribution is -2.24. The smallest absolute Gasteiger partial charge is 0.296 e. The average Bonchev–Trinajstić information content (AvgIpc) is 2.87. The van der Waals surface area contributed by atoms with Crippen molar-refractivity contribution >= 4 is 11.4 Å². The molecule has 0 bridgehead atoms. The molecule has 19 heavy (non-hydrogen) atoms. The highest BCUT2D eigenvalue weighted by Gasteiger charge is 2.27. The zero-order valence-corrected chi connectivity index (χ0v) is 11.3. The third kappa shape index (κ3) is 2.96. The zero-order valence-electron chi connectivity index (χ0n) is 11.3. The van der Waals surface area contributed by atoms with E-state index >= 15 is 0 Å². The minimum absolute atomic E-state index is 0.115. The largest absolute Gasteiger partial charge is 0.496 e. The molecule has 1 aromatic carbocycles. The van der Waals surface area contributed by atoms with Gasteiger partial charge in [0.05, 0.1) is 18.1 Å². The molecule has 104 valence electrons. The van der Waals surface area contributed by atoms with E-state index in [4.69, 9.17) is 4.74 Å². The number of benzene rings is 1. The number of ether oxygens (including phenoxy) is 1. The molecule has 1 atom stereocenters. The molecule has 1 aliphatic rings. The van der Waals surface area contributed by atoms with Gasteiger partial charge in [0.15, 0.2) is 0 Å². The van der Waals surface area contributed by atoms with E-state index < -0.39 is 0 Å². The summed E-state index contributed by atoms with van der Waals surface area (Å²) in [5.74, 6) is 1.06. The molecule has 1 fully saturated rings. The topological polar surface area (TPSA) is 67.6 Å². The van der Waals surface area contributed by atoms with Crippen LogP contribution in [0.15, 0.2) is 18.2 Å². The summed E-state index contributed by atoms with van der Waals surface area (Å²) in [6.45, 7) is 2.66. The monoisotopic (exact) mass is 265 g/mol. The van der Waals surface area contributed by atoms with Crippen LogP contribution in [0.25, 0.3) is 0 Å². The first-order valence-corrected chi connectivity index (χ1v) is 6.37. The van der Waals surface area contributed by atoms with Gasteiger partial charge in [-0.25, -0.2) is 0 Å². The maximum absolute atomic E-state index is 11.2. The maximum Gasteiger partial charge on any atom is 0.296 e. The van der Waals surface area contributed by atoms with Crippen molar-refractivity contribution in [3.8, 4) is 5.75 Å². The molecule has 6 nitrogen and oxygen atoms in total. The van der Waals surface area contributed by atoms with Gasteiger partial charge < -0.3 is 15.0 Å². The molecule has 0 radical (unpaired) electrons. The zero-order chi connectivity index (χ0) is 13.8. The fourth-order valence-corrected chi connectivity index (χ4v) is 2.55. The van der Waals surface area contributed by atoms with Gasteiger partial charge in [-0.1, -0.05) is 0 Å². The predicted molar refractivity (Wildman–Crippen MR) is 73.9 cm³/mol. The highest BCUT2D eigenvalue weighted by molar-refractivity contribution is 5.66. The quantitative estimate of drug-likeness (QED) is 0.647. The van der Waals surface area contributed by atoms with E-state index in [1.165, 1.54) is 13.2 Å². The van der Waals surface area contributed by atoms with Gasteiger partial charge in [-0.05, 0) is 38.1 Å². The van der Waals surface area contributed by atoms with Crippen LogP contribution in [0, 0.1) is 16.0 Å². The summed E-state index contributed by atoms with van der Waals surface area (Å²) in [5.41, 5.74) is 0.800. The molecule has 1 saturated heterocycles. The number of anilines is 1. The van der Waals surface area contributed by atoms with E-state index in [0.717, 1.165) is 26.1 Å². The second-order valence-electron chi connectivity index (χ2n) is 4.77. The molecule has 0 saturated carbocycles. The van der Waals surface area contributed by atoms with Crippen molar-refractivity contribution in [2.75, 3.05) is 38.7 Å². The van der Waals surface area contributed by atoms with Crippen LogP contribution in [-0.4, -0.2) is 38.7 Å². The molecular weight excluding hydrogens is 246 g/mol. The summed E-state index contributed by atoms with van der Waals surface area (Å²) in [6, 6.07) is 5.03. The van der Waals surface area contributed by atoms with Crippen LogP contribution < -0.4 is 15.0 Å². The van der Waals surface area contributed by atoms with Crippen LogP contribution in [0.5, 0.6) is 5.75 Å². The van der Waals surface area contributed by atoms with Crippen molar-refractivity contribution in [3.05, 3.63) is 28.3 Å². The fourth-order valence-electron chi connectivity index (χ4n) is 2.55. The molecule has 1 heterocycles. The lowest BCUT2D eigenvalue weighted by atomic mass is 10.1. The molecule has 1 unspecified atom stereocenters. The number of methoxy groups -OCH3 is 1. The number of nitrogens with one attached hydrogen (secondary N) is 1. The van der Waals surface area contributed by atoms with Crippen LogP contribution in [0.3, 0.4) is 0 Å². The Morgan fingerprint density at radius 3 is 3.00 bits per heavy atom. The summed E-state index contributed by atoms with van der Waals surface area (Å²) >= 11 is 0. The second-order valence-corrected chi connectivity index (χ2v) is 4.77. The molecule has 0 spiro atoms. The number of nitro groups is 1. The Hall–Kier alpha value is -1.82. The van der Waals surface area contributed by atoms with Gasteiger partial charge in [0.2, 0.25) is 0 Å². The highest BCUT2D eigenvalue weighted by atomic mass is 16.6. The Morgan fingerprint density at radius 2 is 2.37 bits per heavy atom. The van der Waals surface area contributed by atoms with Gasteiger partial charge in [0, 0.05) is 13.1 Å². The Bertz CT molecular complexity index is 464. The molecule has 0 aliphatic carbocycles. The van der Waals surface area contributed by atoms with Gasteiger partial charge in [0.25, 0.3) is 5.69 Å². The van der Waals surface area contributed by atoms with E-state index in [2.05, 4.69) is 10.2 Å². The number of rotatable bonds is 5. The third-order valence-corrected chi connectivity index (χ3v) is 3.50. The maximum atomic E-state index is 11.2. The lowest BCUT2D eigenvalue weighted by Gasteiger charge is -2.19. The summed E-state index contributed by atoms with van der Waals surface area (Å²) in [4.78, 5) is 12.9. The molecule has 1 aromatic rings. The van der Waals surface area contributed by atoms with Gasteiger partial charge in [-0.3, -0.25) is 10.1 Å². The number of nitro benzene ring substituents is 1. The Balaban J connectivity index is 2.22. The van der Waals surface area contributed by atoms with Crippen LogP contribution in [0.4, 0.5) is 11.4 Å². The minimum atomic E-state index is -0.344. The van der Waals surface area contributed by atoms with E-state index in [0.29, 0.717) is 17.4 Å². The van der Waals surface area contributed by atoms with Crippen LogP contribution in [0.1, 0.15) is 6.42 Å². The lowest BCUT2D eigenvalue weighted by molar-refractivity contribution is -0.384. The van der Waals surface area contributed by atoms with Crippen molar-refractivity contribution in [2.24, 2.45) is 5.92 Å². The first-order chi connectivity index (χ1) is 9.15. The van der Waals surface area contributed by atoms with Crippen LogP contribution >= 0.6 is 0 Å². The van der Waals surface area contributed by atoms with Crippen molar-refractivity contribution in [2.45, 2.75) is 6.42 Å². The van der Waals surface area contributed by atoms with E-state index in [1.54, 1.807) is 12.1 Å². The van der Waals surface area contributed by atoms with Gasteiger partial charge in [-0.15, -0.1) is 0 Å². The molecule has 6 heteroatoms. The van der Waals surface area contributed by atoms with Crippen molar-refractivity contribution < 1.29 is 9.66 Å². The molecule has 2 rings (SSSR count). The predicted octanol–water partition coefficient (Wildman–Crippen LogP) is 1.65. The van der Waals surface area contributed by atoms with Crippen molar-refractivity contribution in [3.63, 3.8) is 0 Å². The van der Waals surface area contributed by atoms with Crippen molar-refractivity contribution in [1.29, 1.82) is 0 Å². The molecular formula is C13H19N3O3. The van der Waals surface area contributed by atoms with Crippen molar-refractivity contribution in [1.82, 2.24) is 5.32 Å². The molecule has 1 aliphatic heterocycles. The van der Waals surface area contributed by atoms with Crippen LogP contribution in [0.2, 0.25) is 0 Å². The fraction of sp³-hybridized carbons (Fsp3) is 0.538. The Kier molecular flexibility index (Phi) is 4.21. The first kappa shape index (κ1) is 13.6. The first-order valence-electron chi connectivity index (χ1n) is 6.37. The summed E-state index contributed by atoms with van der Waals surface area (Å²) in [6.07, 6.45) is 1.06. The minimum Gasteiger partial charge on any atom is -0.496 e. The second kappa shape index (κ2) is 5.88. The average molecular weight is 265 g/mol. The Morgan fingerprint density at radius 1 is 1.58 bits per heavy atom. The van der Waals surface area contributed by atoms with E-state index in [1.807, 2.05) is 7.05 Å². The van der Waals surface area contributed by atoms with E-state index in [9.17, 15) is 10.1 Å². The molecule has 0 amide bonds. The molecule has 1 N–H and O–H groups in total. The SMILES string of the molecule is CNCC1CCN(c2ccc(OC)cc2[N+](=O)[O-])C1. The number of hydrogen-bond donors (Lipinski definition) is 1. The summed E-state index contributed by atoms with van der Waals surface area (Å²) in [5, 5.41) is 14.3. The Labute approximate surface area is 112 Å². The highest BCUT2D eigenvalue weighted by Crippen LogP contribution is 2.34. The third-order valence-electron chi connectivity index (χ3n) is 3.50. The van der Waals surface area contributed by atoms with Gasteiger partial charge in [0.1, 0.15) is 11.4 Å². The van der Waals surface area contributed by atoms with Crippen LogP contribution in [-0.2, 0) is 0 Å². The van der Waals surface area contributed by atoms with Gasteiger partial charge >= 0.3 is 0 Å². The number of hydrogen-bond acceptors (Lipinski definition) is 5. The standard InChI is InChI=1S/C13H19N3O3/c1-14-8-10-5-6-15(9-10)12-4-3-11(19-2)7-13(12)16(17)18/h3-4,7,10,14H,5-6,8-9H2,1-2H3.